The van der Waals surface area contributed by atoms with E-state index in [0.29, 0.717) is 39.7 Å². The highest BCUT2D eigenvalue weighted by atomic mass is 35.5. The number of carbonyl (C=O) groups is 2. The van der Waals surface area contributed by atoms with Crippen molar-refractivity contribution >= 4 is 47.0 Å². The van der Waals surface area contributed by atoms with Crippen LogP contribution in [-0.4, -0.2) is 37.4 Å². The number of aromatic nitrogens is 4. The first-order valence-corrected chi connectivity index (χ1v) is 10.4. The zero-order valence-corrected chi connectivity index (χ0v) is 17.5. The molecule has 0 spiro atoms. The van der Waals surface area contributed by atoms with Gasteiger partial charge in [0.15, 0.2) is 5.65 Å². The van der Waals surface area contributed by atoms with Gasteiger partial charge in [0.25, 0.3) is 5.91 Å². The van der Waals surface area contributed by atoms with E-state index in [9.17, 15) is 9.59 Å². The highest BCUT2D eigenvalue weighted by molar-refractivity contribution is 6.30. The highest BCUT2D eigenvalue weighted by Crippen LogP contribution is 2.27. The van der Waals surface area contributed by atoms with Crippen molar-refractivity contribution in [1.29, 1.82) is 0 Å². The Morgan fingerprint density at radius 1 is 1.29 bits per heavy atom. The fourth-order valence-corrected chi connectivity index (χ4v) is 3.62. The standard InChI is InChI=1S/C21H20ClN7O2/c1-11(12-3-2-4-15(22)8-12)24-20-27-18-14(7-13-9-17(30)26-19(13)31)10-23-29(18)21(28-20)25-16-5-6-16/h2-4,7-8,10-11,16H,5-6,9H2,1H3,(H,26,30,31)(H2,24,25,27,28)/b13-7+/t11-/m1/s1. The molecule has 158 valence electrons. The Balaban J connectivity index is 1.53. The van der Waals surface area contributed by atoms with Gasteiger partial charge in [0, 0.05) is 22.2 Å². The first-order chi connectivity index (χ1) is 15.0. The molecule has 3 N–H and O–H groups in total. The second-order valence-electron chi connectivity index (χ2n) is 7.77. The molecule has 3 aromatic rings. The minimum atomic E-state index is -0.386. The molecule has 1 saturated heterocycles. The summed E-state index contributed by atoms with van der Waals surface area (Å²) in [7, 11) is 0. The molecule has 2 fully saturated rings. The number of rotatable bonds is 6. The third kappa shape index (κ3) is 4.09. The number of nitrogens with zero attached hydrogens (tertiary/aromatic N) is 4. The van der Waals surface area contributed by atoms with Crippen LogP contribution in [0.15, 0.2) is 36.0 Å². The van der Waals surface area contributed by atoms with E-state index in [0.717, 1.165) is 18.4 Å². The molecular weight excluding hydrogens is 418 g/mol. The van der Waals surface area contributed by atoms with E-state index in [-0.39, 0.29) is 24.3 Å². The molecular formula is C21H20ClN7O2. The van der Waals surface area contributed by atoms with Crippen LogP contribution in [0.25, 0.3) is 11.7 Å². The Bertz CT molecular complexity index is 1230. The average Bonchev–Trinajstić information content (AvgIpc) is 3.37. The molecule has 1 aromatic carbocycles. The number of anilines is 2. The van der Waals surface area contributed by atoms with Crippen LogP contribution in [0.3, 0.4) is 0 Å². The van der Waals surface area contributed by atoms with Crippen LogP contribution in [0.4, 0.5) is 11.9 Å². The van der Waals surface area contributed by atoms with E-state index in [1.165, 1.54) is 0 Å². The number of hydrogen-bond acceptors (Lipinski definition) is 7. The maximum atomic E-state index is 12.0. The number of carbonyl (C=O) groups excluding carboxylic acids is 2. The third-order valence-electron chi connectivity index (χ3n) is 5.23. The zero-order chi connectivity index (χ0) is 21.5. The Morgan fingerprint density at radius 2 is 2.13 bits per heavy atom. The Morgan fingerprint density at radius 3 is 2.84 bits per heavy atom. The lowest BCUT2D eigenvalue weighted by molar-refractivity contribution is -0.124. The smallest absolute Gasteiger partial charge is 0.254 e. The molecule has 2 aliphatic rings. The van der Waals surface area contributed by atoms with Crippen LogP contribution in [0, 0.1) is 0 Å². The summed E-state index contributed by atoms with van der Waals surface area (Å²) in [6.07, 6.45) is 5.47. The molecule has 1 aliphatic heterocycles. The summed E-state index contributed by atoms with van der Waals surface area (Å²) in [5, 5.41) is 14.1. The van der Waals surface area contributed by atoms with Gasteiger partial charge in [-0.1, -0.05) is 23.7 Å². The molecule has 2 amide bonds. The molecule has 0 radical (unpaired) electrons. The number of benzene rings is 1. The fourth-order valence-electron chi connectivity index (χ4n) is 3.43. The largest absolute Gasteiger partial charge is 0.351 e. The van der Waals surface area contributed by atoms with E-state index in [4.69, 9.17) is 11.6 Å². The molecule has 10 heteroatoms. The van der Waals surface area contributed by atoms with Crippen LogP contribution in [0.2, 0.25) is 5.02 Å². The van der Waals surface area contributed by atoms with E-state index in [1.54, 1.807) is 16.8 Å². The van der Waals surface area contributed by atoms with Crippen molar-refractivity contribution in [2.24, 2.45) is 0 Å². The summed E-state index contributed by atoms with van der Waals surface area (Å²) in [4.78, 5) is 32.8. The minimum Gasteiger partial charge on any atom is -0.351 e. The van der Waals surface area contributed by atoms with Crippen molar-refractivity contribution < 1.29 is 9.59 Å². The quantitative estimate of drug-likeness (QED) is 0.401. The molecule has 1 aliphatic carbocycles. The van der Waals surface area contributed by atoms with Gasteiger partial charge in [0.05, 0.1) is 18.7 Å². The number of amides is 2. The zero-order valence-electron chi connectivity index (χ0n) is 16.7. The van der Waals surface area contributed by atoms with Gasteiger partial charge in [0.2, 0.25) is 17.8 Å². The normalized spacial score (nSPS) is 18.5. The Hall–Kier alpha value is -3.46. The lowest BCUT2D eigenvalue weighted by atomic mass is 10.1. The first kappa shape index (κ1) is 19.5. The fraction of sp³-hybridized carbons (Fsp3) is 0.286. The summed E-state index contributed by atoms with van der Waals surface area (Å²) in [6.45, 7) is 2.00. The highest BCUT2D eigenvalue weighted by Gasteiger charge is 2.26. The molecule has 0 unspecified atom stereocenters. The Kier molecular flexibility index (Phi) is 4.82. The molecule has 0 bridgehead atoms. The van der Waals surface area contributed by atoms with E-state index >= 15 is 0 Å². The number of fused-ring (bicyclic) bond motifs is 1. The van der Waals surface area contributed by atoms with Gasteiger partial charge in [-0.05, 0) is 43.5 Å². The third-order valence-corrected chi connectivity index (χ3v) is 5.46. The predicted molar refractivity (Wildman–Crippen MR) is 117 cm³/mol. The van der Waals surface area contributed by atoms with Crippen LogP contribution in [0.5, 0.6) is 0 Å². The predicted octanol–water partition coefficient (Wildman–Crippen LogP) is 2.96. The van der Waals surface area contributed by atoms with Crippen molar-refractivity contribution in [3.05, 3.63) is 52.2 Å². The van der Waals surface area contributed by atoms with Gasteiger partial charge in [-0.15, -0.1) is 0 Å². The SMILES string of the molecule is C[C@@H](Nc1nc(NC2CC2)n2ncc(/C=C3\CC(=O)NC3=O)c2n1)c1cccc(Cl)c1. The van der Waals surface area contributed by atoms with Gasteiger partial charge in [-0.2, -0.15) is 19.6 Å². The summed E-state index contributed by atoms with van der Waals surface area (Å²) < 4.78 is 1.62. The summed E-state index contributed by atoms with van der Waals surface area (Å²) in [6, 6.07) is 7.88. The number of halogens is 1. The summed E-state index contributed by atoms with van der Waals surface area (Å²) >= 11 is 6.12. The Labute approximate surface area is 182 Å². The molecule has 2 aromatic heterocycles. The van der Waals surface area contributed by atoms with Crippen LogP contribution in [0.1, 0.15) is 43.4 Å². The van der Waals surface area contributed by atoms with Crippen molar-refractivity contribution in [3.8, 4) is 0 Å². The molecule has 9 nitrogen and oxygen atoms in total. The number of imide groups is 1. The number of hydrogen-bond donors (Lipinski definition) is 3. The molecule has 5 rings (SSSR count). The molecule has 1 saturated carbocycles. The summed E-state index contributed by atoms with van der Waals surface area (Å²) in [5.74, 6) is 0.305. The maximum Gasteiger partial charge on any atom is 0.254 e. The van der Waals surface area contributed by atoms with Gasteiger partial charge < -0.3 is 10.6 Å². The number of nitrogens with one attached hydrogen (secondary N) is 3. The maximum absolute atomic E-state index is 12.0. The second-order valence-corrected chi connectivity index (χ2v) is 8.21. The lowest BCUT2D eigenvalue weighted by Crippen LogP contribution is -2.19. The summed E-state index contributed by atoms with van der Waals surface area (Å²) in [5.41, 5.74) is 2.57. The van der Waals surface area contributed by atoms with E-state index < -0.39 is 0 Å². The van der Waals surface area contributed by atoms with Crippen LogP contribution < -0.4 is 16.0 Å². The molecule has 1 atom stereocenters. The topological polar surface area (TPSA) is 113 Å². The van der Waals surface area contributed by atoms with E-state index in [1.807, 2.05) is 31.2 Å². The van der Waals surface area contributed by atoms with E-state index in [2.05, 4.69) is 31.0 Å². The second kappa shape index (κ2) is 7.66. The average molecular weight is 438 g/mol. The van der Waals surface area contributed by atoms with Gasteiger partial charge in [-0.3, -0.25) is 14.9 Å². The molecule has 31 heavy (non-hydrogen) atoms. The van der Waals surface area contributed by atoms with Crippen molar-refractivity contribution in [2.45, 2.75) is 38.3 Å². The minimum absolute atomic E-state index is 0.0470. The molecule has 3 heterocycles. The lowest BCUT2D eigenvalue weighted by Gasteiger charge is -2.16. The van der Waals surface area contributed by atoms with Crippen LogP contribution >= 0.6 is 11.6 Å². The van der Waals surface area contributed by atoms with Gasteiger partial charge >= 0.3 is 0 Å². The van der Waals surface area contributed by atoms with Crippen molar-refractivity contribution in [1.82, 2.24) is 24.9 Å². The van der Waals surface area contributed by atoms with Gasteiger partial charge in [-0.25, -0.2) is 0 Å². The van der Waals surface area contributed by atoms with Crippen LogP contribution in [-0.2, 0) is 9.59 Å². The van der Waals surface area contributed by atoms with Crippen molar-refractivity contribution in [3.63, 3.8) is 0 Å². The first-order valence-electron chi connectivity index (χ1n) is 10.1. The van der Waals surface area contributed by atoms with Crippen molar-refractivity contribution in [2.75, 3.05) is 10.6 Å². The monoisotopic (exact) mass is 437 g/mol. The van der Waals surface area contributed by atoms with Gasteiger partial charge in [0.1, 0.15) is 0 Å².